The zero-order valence-electron chi connectivity index (χ0n) is 9.25. The van der Waals surface area contributed by atoms with Crippen molar-refractivity contribution in [3.8, 4) is 17.5 Å². The lowest BCUT2D eigenvalue weighted by Gasteiger charge is -1.97. The Kier molecular flexibility index (Phi) is 3.73. The minimum Gasteiger partial charge on any atom is -0.338 e. The Bertz CT molecular complexity index is 546. The fourth-order valence-electron chi connectivity index (χ4n) is 1.30. The van der Waals surface area contributed by atoms with Crippen molar-refractivity contribution < 1.29 is 4.52 Å². The predicted molar refractivity (Wildman–Crippen MR) is 64.0 cm³/mol. The molecule has 2 heterocycles. The molecule has 17 heavy (non-hydrogen) atoms. The maximum absolute atomic E-state index is 8.42. The molecule has 0 aliphatic rings. The lowest BCUT2D eigenvalue weighted by atomic mass is 10.1. The minimum atomic E-state index is 0.420. The first-order valence-electron chi connectivity index (χ1n) is 4.99. The van der Waals surface area contributed by atoms with Gasteiger partial charge in [-0.25, -0.2) is 0 Å². The third-order valence-electron chi connectivity index (χ3n) is 2.14. The molecule has 86 valence electrons. The van der Waals surface area contributed by atoms with E-state index in [1.165, 1.54) is 11.8 Å². The van der Waals surface area contributed by atoms with Crippen LogP contribution in [-0.2, 0) is 5.75 Å². The summed E-state index contributed by atoms with van der Waals surface area (Å²) in [6, 6.07) is 3.95. The van der Waals surface area contributed by atoms with Gasteiger partial charge in [0, 0.05) is 18.0 Å². The summed E-state index contributed by atoms with van der Waals surface area (Å²) < 4.78 is 5.10. The summed E-state index contributed by atoms with van der Waals surface area (Å²) in [6.45, 7) is 1.97. The molecule has 0 aromatic carbocycles. The molecule has 2 rings (SSSR count). The van der Waals surface area contributed by atoms with Gasteiger partial charge in [0.25, 0.3) is 0 Å². The van der Waals surface area contributed by atoms with Crippen LogP contribution in [0.5, 0.6) is 0 Å². The average molecular weight is 246 g/mol. The van der Waals surface area contributed by atoms with Gasteiger partial charge in [-0.2, -0.15) is 10.2 Å². The van der Waals surface area contributed by atoms with Crippen molar-refractivity contribution in [1.82, 2.24) is 15.1 Å². The third-order valence-corrected chi connectivity index (χ3v) is 2.92. The maximum atomic E-state index is 8.42. The van der Waals surface area contributed by atoms with Gasteiger partial charge >= 0.3 is 0 Å². The molecule has 5 nitrogen and oxygen atoms in total. The van der Waals surface area contributed by atoms with Crippen molar-refractivity contribution in [2.45, 2.75) is 12.7 Å². The Labute approximate surface area is 103 Å². The molecule has 0 aliphatic heterocycles. The van der Waals surface area contributed by atoms with Crippen LogP contribution >= 0.6 is 11.8 Å². The van der Waals surface area contributed by atoms with Gasteiger partial charge in [0.2, 0.25) is 11.7 Å². The van der Waals surface area contributed by atoms with Crippen LogP contribution in [0.2, 0.25) is 0 Å². The molecular formula is C11H10N4OS. The average Bonchev–Trinajstić information content (AvgIpc) is 2.79. The van der Waals surface area contributed by atoms with Gasteiger partial charge < -0.3 is 4.52 Å². The second-order valence-electron chi connectivity index (χ2n) is 3.35. The summed E-state index contributed by atoms with van der Waals surface area (Å²) in [5.41, 5.74) is 1.92. The van der Waals surface area contributed by atoms with Crippen LogP contribution in [0.1, 0.15) is 11.5 Å². The summed E-state index contributed by atoms with van der Waals surface area (Å²) in [5, 5.41) is 12.3. The van der Waals surface area contributed by atoms with Gasteiger partial charge in [-0.05, 0) is 18.6 Å². The smallest absolute Gasteiger partial charge is 0.236 e. The van der Waals surface area contributed by atoms with E-state index in [4.69, 9.17) is 9.78 Å². The highest BCUT2D eigenvalue weighted by molar-refractivity contribution is 7.98. The lowest BCUT2D eigenvalue weighted by Crippen LogP contribution is -1.87. The van der Waals surface area contributed by atoms with Gasteiger partial charge in [0.05, 0.1) is 17.6 Å². The predicted octanol–water partition coefficient (Wildman–Crippen LogP) is 2.20. The second kappa shape index (κ2) is 5.46. The second-order valence-corrected chi connectivity index (χ2v) is 4.34. The van der Waals surface area contributed by atoms with Crippen LogP contribution in [0.25, 0.3) is 11.4 Å². The van der Waals surface area contributed by atoms with Crippen molar-refractivity contribution in [3.05, 3.63) is 29.9 Å². The summed E-state index contributed by atoms with van der Waals surface area (Å²) in [7, 11) is 0. The quantitative estimate of drug-likeness (QED) is 0.770. The molecule has 0 unspecified atom stereocenters. The van der Waals surface area contributed by atoms with Crippen LogP contribution in [0, 0.1) is 18.3 Å². The summed E-state index contributed by atoms with van der Waals surface area (Å²) in [4.78, 5) is 8.30. The van der Waals surface area contributed by atoms with Gasteiger partial charge in [-0.15, -0.1) is 11.8 Å². The largest absolute Gasteiger partial charge is 0.338 e. The van der Waals surface area contributed by atoms with Crippen LogP contribution < -0.4 is 0 Å². The molecule has 0 radical (unpaired) electrons. The number of nitriles is 1. The first kappa shape index (κ1) is 11.6. The highest BCUT2D eigenvalue weighted by Gasteiger charge is 2.10. The molecular weight excluding hydrogens is 236 g/mol. The van der Waals surface area contributed by atoms with Gasteiger partial charge in [0.15, 0.2) is 0 Å². The highest BCUT2D eigenvalue weighted by Crippen LogP contribution is 2.20. The zero-order valence-corrected chi connectivity index (χ0v) is 10.1. The molecule has 0 amide bonds. The van der Waals surface area contributed by atoms with Crippen LogP contribution in [0.4, 0.5) is 0 Å². The fraction of sp³-hybridized carbons (Fsp3) is 0.273. The van der Waals surface area contributed by atoms with E-state index < -0.39 is 0 Å². The number of pyridine rings is 1. The molecule has 0 fully saturated rings. The van der Waals surface area contributed by atoms with Crippen LogP contribution in [0.15, 0.2) is 23.0 Å². The van der Waals surface area contributed by atoms with Gasteiger partial charge in [-0.1, -0.05) is 5.16 Å². The molecule has 0 saturated carbocycles. The minimum absolute atomic E-state index is 0.420. The molecule has 0 atom stereocenters. The van der Waals surface area contributed by atoms with Crippen molar-refractivity contribution in [1.29, 1.82) is 5.26 Å². The number of aryl methyl sites for hydroxylation is 1. The number of rotatable bonds is 4. The summed E-state index contributed by atoms with van der Waals surface area (Å²) in [5.74, 6) is 2.05. The molecule has 2 aromatic heterocycles. The van der Waals surface area contributed by atoms with Crippen LogP contribution in [-0.4, -0.2) is 20.9 Å². The van der Waals surface area contributed by atoms with E-state index in [1.54, 1.807) is 12.4 Å². The first-order valence-corrected chi connectivity index (χ1v) is 6.15. The molecule has 2 aromatic rings. The van der Waals surface area contributed by atoms with E-state index in [1.807, 2.05) is 19.1 Å². The van der Waals surface area contributed by atoms with Crippen molar-refractivity contribution in [2.24, 2.45) is 0 Å². The SMILES string of the molecule is Cc1ccncc1-c1noc(CSCC#N)n1. The number of hydrogen-bond donors (Lipinski definition) is 0. The van der Waals surface area contributed by atoms with Crippen LogP contribution in [0.3, 0.4) is 0 Å². The lowest BCUT2D eigenvalue weighted by molar-refractivity contribution is 0.391. The Morgan fingerprint density at radius 3 is 3.18 bits per heavy atom. The van der Waals surface area contributed by atoms with E-state index in [9.17, 15) is 0 Å². The molecule has 0 N–H and O–H groups in total. The van der Waals surface area contributed by atoms with Gasteiger partial charge in [-0.3, -0.25) is 4.98 Å². The number of aromatic nitrogens is 3. The zero-order chi connectivity index (χ0) is 12.1. The van der Waals surface area contributed by atoms with E-state index in [0.29, 0.717) is 23.2 Å². The highest BCUT2D eigenvalue weighted by atomic mass is 32.2. The third kappa shape index (κ3) is 2.82. The van der Waals surface area contributed by atoms with Gasteiger partial charge in [0.1, 0.15) is 0 Å². The summed E-state index contributed by atoms with van der Waals surface area (Å²) in [6.07, 6.45) is 3.44. The molecule has 0 spiro atoms. The Hall–Kier alpha value is -1.87. The van der Waals surface area contributed by atoms with E-state index >= 15 is 0 Å². The Morgan fingerprint density at radius 2 is 2.41 bits per heavy atom. The van der Waals surface area contributed by atoms with E-state index in [2.05, 4.69) is 15.1 Å². The van der Waals surface area contributed by atoms with Crippen molar-refractivity contribution in [2.75, 3.05) is 5.75 Å². The monoisotopic (exact) mass is 246 g/mol. The standard InChI is InChI=1S/C11H10N4OS/c1-8-2-4-13-6-9(8)11-14-10(16-15-11)7-17-5-3-12/h2,4,6H,5,7H2,1H3. The normalized spacial score (nSPS) is 10.1. The maximum Gasteiger partial charge on any atom is 0.236 e. The number of nitrogens with zero attached hydrogens (tertiary/aromatic N) is 4. The van der Waals surface area contributed by atoms with E-state index in [-0.39, 0.29) is 0 Å². The molecule has 0 bridgehead atoms. The fourth-order valence-corrected chi connectivity index (χ4v) is 1.79. The summed E-state index contributed by atoms with van der Waals surface area (Å²) >= 11 is 1.45. The van der Waals surface area contributed by atoms with Crippen molar-refractivity contribution >= 4 is 11.8 Å². The topological polar surface area (TPSA) is 75.6 Å². The Balaban J connectivity index is 2.14. The number of thioether (sulfide) groups is 1. The Morgan fingerprint density at radius 1 is 1.53 bits per heavy atom. The first-order chi connectivity index (χ1) is 8.31. The molecule has 0 aliphatic carbocycles. The van der Waals surface area contributed by atoms with Crippen molar-refractivity contribution in [3.63, 3.8) is 0 Å². The number of hydrogen-bond acceptors (Lipinski definition) is 6. The van der Waals surface area contributed by atoms with E-state index in [0.717, 1.165) is 11.1 Å². The molecule has 6 heteroatoms. The molecule has 0 saturated heterocycles.